The third-order valence-electron chi connectivity index (χ3n) is 3.24. The normalized spacial score (nSPS) is 20.7. The first-order valence-corrected chi connectivity index (χ1v) is 5.41. The van der Waals surface area contributed by atoms with Gasteiger partial charge in [-0.15, -0.1) is 0 Å². The minimum atomic E-state index is -0.944. The first kappa shape index (κ1) is 10.6. The lowest BCUT2D eigenvalue weighted by atomic mass is 9.76. The van der Waals surface area contributed by atoms with Gasteiger partial charge in [0.1, 0.15) is 5.82 Å². The van der Waals surface area contributed by atoms with Gasteiger partial charge in [0, 0.05) is 11.8 Å². The zero-order valence-corrected chi connectivity index (χ0v) is 8.91. The Kier molecular flexibility index (Phi) is 2.74. The van der Waals surface area contributed by atoms with Crippen molar-refractivity contribution >= 4 is 0 Å². The highest BCUT2D eigenvalue weighted by Crippen LogP contribution is 2.37. The van der Waals surface area contributed by atoms with E-state index in [2.05, 4.69) is 4.98 Å². The maximum absolute atomic E-state index is 13.0. The van der Waals surface area contributed by atoms with Crippen molar-refractivity contribution in [3.8, 4) is 0 Å². The predicted molar refractivity (Wildman–Crippen MR) is 55.7 cm³/mol. The Morgan fingerprint density at radius 3 is 2.80 bits per heavy atom. The topological polar surface area (TPSA) is 33.1 Å². The minimum absolute atomic E-state index is 0.388. The van der Waals surface area contributed by atoms with E-state index in [0.717, 1.165) is 6.20 Å². The number of pyridine rings is 1. The number of hydrogen-bond acceptors (Lipinski definition) is 2. The van der Waals surface area contributed by atoms with Crippen LogP contribution < -0.4 is 0 Å². The SMILES string of the molecule is CC(O)(CC1CCC1)c1cncc(F)c1. The molecule has 82 valence electrons. The van der Waals surface area contributed by atoms with Crippen LogP contribution in [0, 0.1) is 11.7 Å². The van der Waals surface area contributed by atoms with E-state index >= 15 is 0 Å². The summed E-state index contributed by atoms with van der Waals surface area (Å²) in [5, 5.41) is 10.2. The molecule has 1 aromatic heterocycles. The van der Waals surface area contributed by atoms with E-state index in [-0.39, 0.29) is 5.82 Å². The van der Waals surface area contributed by atoms with Gasteiger partial charge in [0.2, 0.25) is 0 Å². The maximum atomic E-state index is 13.0. The highest BCUT2D eigenvalue weighted by atomic mass is 19.1. The van der Waals surface area contributed by atoms with E-state index in [9.17, 15) is 9.50 Å². The van der Waals surface area contributed by atoms with Crippen LogP contribution in [0.25, 0.3) is 0 Å². The van der Waals surface area contributed by atoms with Crippen molar-refractivity contribution in [3.63, 3.8) is 0 Å². The Bertz CT molecular complexity index is 347. The third kappa shape index (κ3) is 2.34. The number of aliphatic hydroxyl groups is 1. The second-order valence-electron chi connectivity index (χ2n) is 4.67. The van der Waals surface area contributed by atoms with Crippen LogP contribution in [-0.2, 0) is 5.60 Å². The molecule has 0 amide bonds. The summed E-state index contributed by atoms with van der Waals surface area (Å²) in [5.74, 6) is 0.199. The Hall–Kier alpha value is -0.960. The molecule has 0 bridgehead atoms. The average Bonchev–Trinajstić information content (AvgIpc) is 2.12. The van der Waals surface area contributed by atoms with Crippen LogP contribution in [0.3, 0.4) is 0 Å². The highest BCUT2D eigenvalue weighted by molar-refractivity contribution is 5.18. The van der Waals surface area contributed by atoms with Crippen LogP contribution in [-0.4, -0.2) is 10.1 Å². The molecule has 3 heteroatoms. The minimum Gasteiger partial charge on any atom is -0.385 e. The zero-order chi connectivity index (χ0) is 10.9. The van der Waals surface area contributed by atoms with Crippen molar-refractivity contribution in [1.29, 1.82) is 0 Å². The molecule has 1 saturated carbocycles. The lowest BCUT2D eigenvalue weighted by molar-refractivity contribution is 0.0156. The molecule has 1 aliphatic carbocycles. The number of rotatable bonds is 3. The Morgan fingerprint density at radius 1 is 1.53 bits per heavy atom. The van der Waals surface area contributed by atoms with Gasteiger partial charge in [0.15, 0.2) is 0 Å². The van der Waals surface area contributed by atoms with Crippen molar-refractivity contribution in [2.24, 2.45) is 5.92 Å². The predicted octanol–water partition coefficient (Wildman–Crippen LogP) is 2.62. The third-order valence-corrected chi connectivity index (χ3v) is 3.24. The van der Waals surface area contributed by atoms with Gasteiger partial charge in [-0.25, -0.2) is 4.39 Å². The summed E-state index contributed by atoms with van der Waals surface area (Å²) in [7, 11) is 0. The fraction of sp³-hybridized carbons (Fsp3) is 0.583. The van der Waals surface area contributed by atoms with Crippen LogP contribution in [0.15, 0.2) is 18.5 Å². The van der Waals surface area contributed by atoms with Crippen LogP contribution in [0.1, 0.15) is 38.2 Å². The Morgan fingerprint density at radius 2 is 2.27 bits per heavy atom. The van der Waals surface area contributed by atoms with Crippen molar-refractivity contribution in [2.75, 3.05) is 0 Å². The van der Waals surface area contributed by atoms with Gasteiger partial charge >= 0.3 is 0 Å². The van der Waals surface area contributed by atoms with Gasteiger partial charge in [-0.3, -0.25) is 4.98 Å². The summed E-state index contributed by atoms with van der Waals surface area (Å²) in [6.45, 7) is 1.74. The maximum Gasteiger partial charge on any atom is 0.141 e. The van der Waals surface area contributed by atoms with Crippen molar-refractivity contribution < 1.29 is 9.50 Å². The molecule has 0 aromatic carbocycles. The van der Waals surface area contributed by atoms with Crippen molar-refractivity contribution in [2.45, 2.75) is 38.2 Å². The van der Waals surface area contributed by atoms with E-state index in [0.29, 0.717) is 17.9 Å². The summed E-state index contributed by atoms with van der Waals surface area (Å²) >= 11 is 0. The van der Waals surface area contributed by atoms with Gasteiger partial charge in [-0.2, -0.15) is 0 Å². The summed E-state index contributed by atoms with van der Waals surface area (Å²) < 4.78 is 13.0. The number of halogens is 1. The summed E-state index contributed by atoms with van der Waals surface area (Å²) in [6.07, 6.45) is 7.02. The fourth-order valence-corrected chi connectivity index (χ4v) is 2.08. The molecule has 0 aliphatic heterocycles. The lowest BCUT2D eigenvalue weighted by Gasteiger charge is -2.33. The Labute approximate surface area is 89.2 Å². The molecular formula is C12H16FNO. The zero-order valence-electron chi connectivity index (χ0n) is 8.91. The smallest absolute Gasteiger partial charge is 0.141 e. The number of nitrogens with zero attached hydrogens (tertiary/aromatic N) is 1. The number of aromatic nitrogens is 1. The molecule has 1 aromatic rings. The van der Waals surface area contributed by atoms with Crippen molar-refractivity contribution in [1.82, 2.24) is 4.98 Å². The first-order valence-electron chi connectivity index (χ1n) is 5.41. The van der Waals surface area contributed by atoms with Gasteiger partial charge in [-0.1, -0.05) is 19.3 Å². The molecule has 0 radical (unpaired) electrons. The van der Waals surface area contributed by atoms with Crippen LogP contribution in [0.4, 0.5) is 4.39 Å². The molecule has 2 rings (SSSR count). The molecule has 1 aliphatic rings. The van der Waals surface area contributed by atoms with Crippen LogP contribution in [0.2, 0.25) is 0 Å². The second kappa shape index (κ2) is 3.89. The van der Waals surface area contributed by atoms with Gasteiger partial charge in [0.25, 0.3) is 0 Å². The summed E-state index contributed by atoms with van der Waals surface area (Å²) in [4.78, 5) is 3.77. The molecule has 1 fully saturated rings. The quantitative estimate of drug-likeness (QED) is 0.830. The molecule has 1 unspecified atom stereocenters. The van der Waals surface area contributed by atoms with E-state index in [1.807, 2.05) is 0 Å². The number of hydrogen-bond donors (Lipinski definition) is 1. The van der Waals surface area contributed by atoms with E-state index in [1.165, 1.54) is 25.3 Å². The second-order valence-corrected chi connectivity index (χ2v) is 4.67. The summed E-state index contributed by atoms with van der Waals surface area (Å²) in [5.41, 5.74) is -0.366. The molecular weight excluding hydrogens is 193 g/mol. The van der Waals surface area contributed by atoms with Crippen LogP contribution in [0.5, 0.6) is 0 Å². The highest BCUT2D eigenvalue weighted by Gasteiger charge is 2.30. The first-order chi connectivity index (χ1) is 7.08. The van der Waals surface area contributed by atoms with Gasteiger partial charge in [0.05, 0.1) is 11.8 Å². The summed E-state index contributed by atoms with van der Waals surface area (Å²) in [6, 6.07) is 1.37. The van der Waals surface area contributed by atoms with E-state index in [1.54, 1.807) is 13.1 Å². The molecule has 1 heterocycles. The van der Waals surface area contributed by atoms with Gasteiger partial charge in [-0.05, 0) is 25.3 Å². The monoisotopic (exact) mass is 209 g/mol. The molecule has 15 heavy (non-hydrogen) atoms. The molecule has 2 nitrogen and oxygen atoms in total. The fourth-order valence-electron chi connectivity index (χ4n) is 2.08. The Balaban J connectivity index is 2.12. The van der Waals surface area contributed by atoms with Crippen molar-refractivity contribution in [3.05, 3.63) is 29.8 Å². The standard InChI is InChI=1S/C12H16FNO/c1-12(15,6-9-3-2-4-9)10-5-11(13)8-14-7-10/h5,7-9,15H,2-4,6H2,1H3. The van der Waals surface area contributed by atoms with E-state index < -0.39 is 5.60 Å². The van der Waals surface area contributed by atoms with E-state index in [4.69, 9.17) is 0 Å². The molecule has 0 spiro atoms. The molecule has 0 saturated heterocycles. The average molecular weight is 209 g/mol. The largest absolute Gasteiger partial charge is 0.385 e. The molecule has 1 N–H and O–H groups in total. The van der Waals surface area contributed by atoms with Gasteiger partial charge < -0.3 is 5.11 Å². The molecule has 1 atom stereocenters. The lowest BCUT2D eigenvalue weighted by Crippen LogP contribution is -2.28. The van der Waals surface area contributed by atoms with Crippen LogP contribution >= 0.6 is 0 Å².